The smallest absolute Gasteiger partial charge is 0.280 e. The van der Waals surface area contributed by atoms with Crippen LogP contribution in [0, 0.1) is 0 Å². The first-order valence-corrected chi connectivity index (χ1v) is 9.21. The average Bonchev–Trinajstić information content (AvgIpc) is 2.72. The van der Waals surface area contributed by atoms with Crippen molar-refractivity contribution in [1.82, 2.24) is 14.9 Å². The summed E-state index contributed by atoms with van der Waals surface area (Å²) in [6.45, 7) is 7.82. The maximum Gasteiger partial charge on any atom is 0.280 e. The lowest BCUT2D eigenvalue weighted by atomic mass is 10.0. The molecule has 120 valence electrons. The van der Waals surface area contributed by atoms with Gasteiger partial charge < -0.3 is 9.88 Å². The van der Waals surface area contributed by atoms with Crippen LogP contribution in [0.1, 0.15) is 46.4 Å². The number of rotatable bonds is 7. The Hall–Kier alpha value is -1.08. The molecular formula is C13H22ClN3O3S. The standard InChI is InChI=1S/C13H22ClN3O3S/c1-5-7-10-15-12(21(14,19)20)9-17(10)8-11(18)16-13(3,4)6-2/h9H,5-8H2,1-4H3,(H,16,18). The molecular weight excluding hydrogens is 314 g/mol. The molecule has 21 heavy (non-hydrogen) atoms. The molecule has 1 aromatic heterocycles. The van der Waals surface area contributed by atoms with Gasteiger partial charge in [-0.05, 0) is 26.7 Å². The highest BCUT2D eigenvalue weighted by atomic mass is 35.7. The van der Waals surface area contributed by atoms with Crippen molar-refractivity contribution in [2.45, 2.75) is 64.1 Å². The van der Waals surface area contributed by atoms with Crippen LogP contribution in [0.4, 0.5) is 0 Å². The minimum Gasteiger partial charge on any atom is -0.350 e. The Morgan fingerprint density at radius 2 is 2.05 bits per heavy atom. The number of carbonyl (C=O) groups excluding carboxylic acids is 1. The number of nitrogens with one attached hydrogen (secondary N) is 1. The first-order valence-electron chi connectivity index (χ1n) is 6.90. The van der Waals surface area contributed by atoms with E-state index < -0.39 is 9.05 Å². The van der Waals surface area contributed by atoms with E-state index in [4.69, 9.17) is 10.7 Å². The molecule has 0 unspecified atom stereocenters. The first-order chi connectivity index (χ1) is 9.59. The molecule has 0 bridgehead atoms. The highest BCUT2D eigenvalue weighted by Gasteiger charge is 2.21. The number of nitrogens with zero attached hydrogens (tertiary/aromatic N) is 2. The third-order valence-corrected chi connectivity index (χ3v) is 4.41. The summed E-state index contributed by atoms with van der Waals surface area (Å²) in [5, 5.41) is 2.69. The van der Waals surface area contributed by atoms with Crippen LogP contribution in [0.3, 0.4) is 0 Å². The normalized spacial score (nSPS) is 12.4. The van der Waals surface area contributed by atoms with E-state index in [1.165, 1.54) is 6.20 Å². The number of halogens is 1. The second-order valence-corrected chi connectivity index (χ2v) is 8.11. The molecule has 1 amide bonds. The van der Waals surface area contributed by atoms with Crippen molar-refractivity contribution in [3.8, 4) is 0 Å². The van der Waals surface area contributed by atoms with E-state index in [1.807, 2.05) is 27.7 Å². The van der Waals surface area contributed by atoms with Crippen molar-refractivity contribution in [3.05, 3.63) is 12.0 Å². The van der Waals surface area contributed by atoms with E-state index in [0.717, 1.165) is 12.8 Å². The van der Waals surface area contributed by atoms with E-state index in [0.29, 0.717) is 12.2 Å². The molecule has 0 aliphatic rings. The highest BCUT2D eigenvalue weighted by Crippen LogP contribution is 2.16. The van der Waals surface area contributed by atoms with Crippen molar-refractivity contribution < 1.29 is 13.2 Å². The number of amides is 1. The maximum absolute atomic E-state index is 12.1. The Morgan fingerprint density at radius 3 is 2.52 bits per heavy atom. The number of aromatic nitrogens is 2. The minimum atomic E-state index is -3.89. The third kappa shape index (κ3) is 5.32. The second-order valence-electron chi connectivity index (χ2n) is 5.60. The monoisotopic (exact) mass is 335 g/mol. The summed E-state index contributed by atoms with van der Waals surface area (Å²) >= 11 is 0. The van der Waals surface area contributed by atoms with Crippen LogP contribution in [0.25, 0.3) is 0 Å². The van der Waals surface area contributed by atoms with Crippen LogP contribution in [0.2, 0.25) is 0 Å². The van der Waals surface area contributed by atoms with E-state index in [9.17, 15) is 13.2 Å². The molecule has 0 aromatic carbocycles. The summed E-state index contributed by atoms with van der Waals surface area (Å²) in [5.74, 6) is 0.358. The molecule has 0 fully saturated rings. The van der Waals surface area contributed by atoms with Crippen LogP contribution in [0.5, 0.6) is 0 Å². The van der Waals surface area contributed by atoms with Gasteiger partial charge in [0.15, 0.2) is 5.03 Å². The molecule has 0 aliphatic heterocycles. The number of carbonyl (C=O) groups is 1. The molecule has 0 spiro atoms. The SMILES string of the molecule is CCCc1nc(S(=O)(=O)Cl)cn1CC(=O)NC(C)(C)CC. The van der Waals surface area contributed by atoms with Crippen LogP contribution in [-0.2, 0) is 26.8 Å². The molecule has 1 N–H and O–H groups in total. The van der Waals surface area contributed by atoms with Gasteiger partial charge in [0.25, 0.3) is 9.05 Å². The zero-order chi connectivity index (χ0) is 16.3. The number of aryl methyl sites for hydroxylation is 1. The molecule has 1 rings (SSSR count). The lowest BCUT2D eigenvalue weighted by Crippen LogP contribution is -2.44. The number of hydrogen-bond acceptors (Lipinski definition) is 4. The molecule has 6 nitrogen and oxygen atoms in total. The largest absolute Gasteiger partial charge is 0.350 e. The Bertz CT molecular complexity index is 608. The van der Waals surface area contributed by atoms with Gasteiger partial charge >= 0.3 is 0 Å². The third-order valence-electron chi connectivity index (χ3n) is 3.24. The molecule has 1 aromatic rings. The Morgan fingerprint density at radius 1 is 1.43 bits per heavy atom. The summed E-state index contributed by atoms with van der Waals surface area (Å²) < 4.78 is 24.2. The van der Waals surface area contributed by atoms with E-state index in [-0.39, 0.29) is 23.0 Å². The summed E-state index contributed by atoms with van der Waals surface area (Å²) in [4.78, 5) is 16.1. The van der Waals surface area contributed by atoms with E-state index in [2.05, 4.69) is 10.3 Å². The van der Waals surface area contributed by atoms with Crippen LogP contribution in [0.15, 0.2) is 11.2 Å². The zero-order valence-electron chi connectivity index (χ0n) is 12.8. The van der Waals surface area contributed by atoms with E-state index in [1.54, 1.807) is 4.57 Å². The highest BCUT2D eigenvalue weighted by molar-refractivity contribution is 8.13. The van der Waals surface area contributed by atoms with Gasteiger partial charge in [-0.3, -0.25) is 4.79 Å². The fraction of sp³-hybridized carbons (Fsp3) is 0.692. The van der Waals surface area contributed by atoms with Crippen LogP contribution >= 0.6 is 10.7 Å². The predicted molar refractivity (Wildman–Crippen MR) is 81.8 cm³/mol. The molecule has 0 aliphatic carbocycles. The van der Waals surface area contributed by atoms with Crippen molar-refractivity contribution >= 4 is 25.6 Å². The Labute approximate surface area is 130 Å². The van der Waals surface area contributed by atoms with Crippen molar-refractivity contribution in [3.63, 3.8) is 0 Å². The van der Waals surface area contributed by atoms with E-state index >= 15 is 0 Å². The van der Waals surface area contributed by atoms with Gasteiger partial charge in [0.1, 0.15) is 12.4 Å². The quantitative estimate of drug-likeness (QED) is 0.773. The van der Waals surface area contributed by atoms with Crippen LogP contribution < -0.4 is 5.32 Å². The number of hydrogen-bond donors (Lipinski definition) is 1. The van der Waals surface area contributed by atoms with Crippen molar-refractivity contribution in [1.29, 1.82) is 0 Å². The lowest BCUT2D eigenvalue weighted by Gasteiger charge is -2.24. The van der Waals surface area contributed by atoms with Crippen molar-refractivity contribution in [2.75, 3.05) is 0 Å². The molecule has 0 saturated heterocycles. The van der Waals surface area contributed by atoms with Gasteiger partial charge in [-0.1, -0.05) is 13.8 Å². The number of imidazole rings is 1. The topological polar surface area (TPSA) is 81.1 Å². The summed E-state index contributed by atoms with van der Waals surface area (Å²) in [6.07, 6.45) is 3.48. The molecule has 0 saturated carbocycles. The second kappa shape index (κ2) is 6.79. The first kappa shape index (κ1) is 18.0. The lowest BCUT2D eigenvalue weighted by molar-refractivity contribution is -0.123. The molecule has 0 atom stereocenters. The zero-order valence-corrected chi connectivity index (χ0v) is 14.4. The average molecular weight is 336 g/mol. The Kier molecular flexibility index (Phi) is 5.81. The summed E-state index contributed by atoms with van der Waals surface area (Å²) in [7, 11) is 1.42. The van der Waals surface area contributed by atoms with Gasteiger partial charge in [0.05, 0.1) is 0 Å². The fourth-order valence-electron chi connectivity index (χ4n) is 1.77. The molecule has 0 radical (unpaired) electrons. The summed E-state index contributed by atoms with van der Waals surface area (Å²) in [6, 6.07) is 0. The van der Waals surface area contributed by atoms with Gasteiger partial charge in [-0.25, -0.2) is 13.4 Å². The van der Waals surface area contributed by atoms with Gasteiger partial charge in [0.2, 0.25) is 5.91 Å². The predicted octanol–water partition coefficient (Wildman–Crippen LogP) is 2.07. The summed E-state index contributed by atoms with van der Waals surface area (Å²) in [5.41, 5.74) is -0.302. The Balaban J connectivity index is 2.96. The molecule has 8 heteroatoms. The fourth-order valence-corrected chi connectivity index (χ4v) is 2.46. The van der Waals surface area contributed by atoms with Crippen LogP contribution in [-0.4, -0.2) is 29.4 Å². The van der Waals surface area contributed by atoms with Crippen molar-refractivity contribution in [2.24, 2.45) is 0 Å². The van der Waals surface area contributed by atoms with Gasteiger partial charge in [-0.15, -0.1) is 0 Å². The van der Waals surface area contributed by atoms with Gasteiger partial charge in [0, 0.05) is 28.8 Å². The van der Waals surface area contributed by atoms with Gasteiger partial charge in [-0.2, -0.15) is 0 Å². The minimum absolute atomic E-state index is 0.0260. The molecule has 1 heterocycles. The maximum atomic E-state index is 12.1.